The minimum atomic E-state index is -1.63. The maximum absolute atomic E-state index is 15.0. The summed E-state index contributed by atoms with van der Waals surface area (Å²) in [7, 11) is 0. The molecule has 0 bridgehead atoms. The number of nitrogens with one attached hydrogen (secondary N) is 1. The van der Waals surface area contributed by atoms with Crippen molar-refractivity contribution in [1.82, 2.24) is 19.7 Å². The lowest BCUT2D eigenvalue weighted by molar-refractivity contribution is -0.124. The Hall–Kier alpha value is -3.63. The van der Waals surface area contributed by atoms with Gasteiger partial charge in [0.15, 0.2) is 23.6 Å². The molecule has 1 atom stereocenters. The van der Waals surface area contributed by atoms with Gasteiger partial charge in [-0.15, -0.1) is 0 Å². The lowest BCUT2D eigenvalue weighted by Gasteiger charge is -2.14. The van der Waals surface area contributed by atoms with Gasteiger partial charge >= 0.3 is 0 Å². The summed E-state index contributed by atoms with van der Waals surface area (Å²) in [4.78, 5) is 20.7. The highest BCUT2D eigenvalue weighted by molar-refractivity contribution is 6.30. The summed E-state index contributed by atoms with van der Waals surface area (Å²) >= 11 is 5.86. The van der Waals surface area contributed by atoms with Gasteiger partial charge in [0.1, 0.15) is 22.5 Å². The maximum Gasteiger partial charge on any atom is 0.257 e. The second-order valence-corrected chi connectivity index (χ2v) is 7.49. The predicted molar refractivity (Wildman–Crippen MR) is 116 cm³/mol. The van der Waals surface area contributed by atoms with Gasteiger partial charge < -0.3 is 16.2 Å². The molecule has 0 aliphatic rings. The monoisotopic (exact) mass is 458 g/mol. The Morgan fingerprint density at radius 3 is 2.66 bits per heavy atom. The number of hydrogen-bond acceptors (Lipinski definition) is 6. The van der Waals surface area contributed by atoms with Crippen LogP contribution in [-0.2, 0) is 4.79 Å². The van der Waals surface area contributed by atoms with Gasteiger partial charge in [0.25, 0.3) is 5.91 Å². The van der Waals surface area contributed by atoms with E-state index in [2.05, 4.69) is 20.4 Å². The Morgan fingerprint density at radius 1 is 1.19 bits per heavy atom. The van der Waals surface area contributed by atoms with Gasteiger partial charge in [-0.1, -0.05) is 23.7 Å². The summed E-state index contributed by atoms with van der Waals surface area (Å²) in [5.41, 5.74) is 6.59. The van der Waals surface area contributed by atoms with E-state index in [0.29, 0.717) is 22.1 Å². The number of aliphatic hydroxyl groups excluding tert-OH is 1. The zero-order chi connectivity index (χ0) is 23.2. The van der Waals surface area contributed by atoms with Gasteiger partial charge in [0.05, 0.1) is 11.4 Å². The number of rotatable bonds is 4. The molecule has 2 aromatic heterocycles. The first-order valence-corrected chi connectivity index (χ1v) is 9.77. The fourth-order valence-electron chi connectivity index (χ4n) is 3.30. The third-order valence-electron chi connectivity index (χ3n) is 4.79. The van der Waals surface area contributed by atoms with Crippen LogP contribution >= 0.6 is 11.6 Å². The molecule has 0 radical (unpaired) electrons. The predicted octanol–water partition coefficient (Wildman–Crippen LogP) is 3.62. The number of aliphatic hydroxyl groups is 1. The SMILES string of the molecule is Cc1nc(N)c2c(n1)c(C)nn2-c1ccc(NC(=O)C(O)c2cccc(Cl)c2)c(F)c1F. The van der Waals surface area contributed by atoms with Crippen molar-refractivity contribution in [1.29, 1.82) is 0 Å². The van der Waals surface area contributed by atoms with Gasteiger partial charge in [0.2, 0.25) is 0 Å². The molecule has 1 amide bonds. The number of aromatic nitrogens is 4. The summed E-state index contributed by atoms with van der Waals surface area (Å²) in [6.45, 7) is 3.31. The third kappa shape index (κ3) is 3.74. The van der Waals surface area contributed by atoms with Crippen LogP contribution in [0.5, 0.6) is 0 Å². The molecule has 4 rings (SSSR count). The van der Waals surface area contributed by atoms with Crippen molar-refractivity contribution < 1.29 is 18.7 Å². The number of nitrogens with two attached hydrogens (primary N) is 1. The fraction of sp³-hybridized carbons (Fsp3) is 0.143. The number of amides is 1. The minimum Gasteiger partial charge on any atom is -0.382 e. The molecular weight excluding hydrogens is 442 g/mol. The summed E-state index contributed by atoms with van der Waals surface area (Å²) in [5.74, 6) is -3.08. The van der Waals surface area contributed by atoms with Crippen LogP contribution < -0.4 is 11.1 Å². The first kappa shape index (κ1) is 21.6. The fourth-order valence-corrected chi connectivity index (χ4v) is 3.50. The first-order chi connectivity index (χ1) is 15.2. The molecule has 164 valence electrons. The van der Waals surface area contributed by atoms with E-state index in [4.69, 9.17) is 17.3 Å². The Labute approximate surface area is 185 Å². The van der Waals surface area contributed by atoms with Gasteiger partial charge in [-0.2, -0.15) is 5.10 Å². The number of benzene rings is 2. The van der Waals surface area contributed by atoms with Crippen molar-refractivity contribution in [2.24, 2.45) is 0 Å². The number of nitrogens with zero attached hydrogens (tertiary/aromatic N) is 4. The normalized spacial score (nSPS) is 12.2. The smallest absolute Gasteiger partial charge is 0.257 e. The number of fused-ring (bicyclic) bond motifs is 1. The molecule has 4 N–H and O–H groups in total. The average molecular weight is 459 g/mol. The number of hydrogen-bond donors (Lipinski definition) is 3. The van der Waals surface area contributed by atoms with Crippen LogP contribution in [0.25, 0.3) is 16.7 Å². The Kier molecular flexibility index (Phi) is 5.49. The van der Waals surface area contributed by atoms with Crippen LogP contribution in [0.4, 0.5) is 20.3 Å². The lowest BCUT2D eigenvalue weighted by atomic mass is 10.1. The number of anilines is 2. The van der Waals surface area contributed by atoms with Gasteiger partial charge in [-0.25, -0.2) is 23.4 Å². The van der Waals surface area contributed by atoms with Crippen molar-refractivity contribution >= 4 is 40.0 Å². The molecule has 11 heteroatoms. The molecule has 0 aliphatic carbocycles. The van der Waals surface area contributed by atoms with Crippen LogP contribution in [0, 0.1) is 25.5 Å². The largest absolute Gasteiger partial charge is 0.382 e. The van der Waals surface area contributed by atoms with Crippen LogP contribution in [0.2, 0.25) is 5.02 Å². The highest BCUT2D eigenvalue weighted by Crippen LogP contribution is 2.29. The maximum atomic E-state index is 15.0. The molecular formula is C21H17ClF2N6O2. The highest BCUT2D eigenvalue weighted by Gasteiger charge is 2.24. The summed E-state index contributed by atoms with van der Waals surface area (Å²) in [6, 6.07) is 8.38. The molecule has 0 saturated heterocycles. The van der Waals surface area contributed by atoms with Crippen molar-refractivity contribution in [2.75, 3.05) is 11.1 Å². The van der Waals surface area contributed by atoms with Crippen LogP contribution in [0.15, 0.2) is 36.4 Å². The first-order valence-electron chi connectivity index (χ1n) is 9.39. The standard InChI is InChI=1S/C21H17ClF2N6O2/c1-9-17-18(20(25)27-10(2)26-17)30(29-9)14-7-6-13(15(23)16(14)24)28-21(32)19(31)11-4-3-5-12(22)8-11/h3-8,19,31H,1-2H3,(H,28,32)(H2,25,26,27). The zero-order valence-electron chi connectivity index (χ0n) is 16.9. The molecule has 0 saturated carbocycles. The second kappa shape index (κ2) is 8.13. The lowest BCUT2D eigenvalue weighted by Crippen LogP contribution is -2.22. The summed E-state index contributed by atoms with van der Waals surface area (Å²) in [5, 5.41) is 16.9. The van der Waals surface area contributed by atoms with E-state index in [-0.39, 0.29) is 22.6 Å². The molecule has 0 aliphatic heterocycles. The second-order valence-electron chi connectivity index (χ2n) is 7.06. The minimum absolute atomic E-state index is 0.0648. The van der Waals surface area contributed by atoms with E-state index >= 15 is 0 Å². The van der Waals surface area contributed by atoms with E-state index in [0.717, 1.165) is 10.7 Å². The van der Waals surface area contributed by atoms with Gasteiger partial charge in [0, 0.05) is 5.02 Å². The molecule has 0 spiro atoms. The van der Waals surface area contributed by atoms with Crippen molar-refractivity contribution in [3.05, 3.63) is 70.1 Å². The average Bonchev–Trinajstić information content (AvgIpc) is 3.07. The zero-order valence-corrected chi connectivity index (χ0v) is 17.7. The topological polar surface area (TPSA) is 119 Å². The van der Waals surface area contributed by atoms with E-state index in [1.807, 2.05) is 0 Å². The molecule has 0 fully saturated rings. The van der Waals surface area contributed by atoms with Gasteiger partial charge in [-0.3, -0.25) is 4.79 Å². The van der Waals surface area contributed by atoms with E-state index in [1.54, 1.807) is 26.0 Å². The molecule has 2 aromatic carbocycles. The molecule has 4 aromatic rings. The van der Waals surface area contributed by atoms with Crippen LogP contribution in [0.1, 0.15) is 23.2 Å². The van der Waals surface area contributed by atoms with Gasteiger partial charge in [-0.05, 0) is 43.7 Å². The quantitative estimate of drug-likeness (QED) is 0.430. The van der Waals surface area contributed by atoms with Crippen molar-refractivity contribution in [3.63, 3.8) is 0 Å². The van der Waals surface area contributed by atoms with E-state index in [1.165, 1.54) is 18.2 Å². The number of carbonyl (C=O) groups excluding carboxylic acids is 1. The summed E-state index contributed by atoms with van der Waals surface area (Å²) in [6.07, 6.45) is -1.63. The number of halogens is 3. The Bertz CT molecular complexity index is 1370. The van der Waals surface area contributed by atoms with E-state index in [9.17, 15) is 18.7 Å². The molecule has 32 heavy (non-hydrogen) atoms. The molecule has 2 heterocycles. The number of carbonyl (C=O) groups is 1. The highest BCUT2D eigenvalue weighted by atomic mass is 35.5. The van der Waals surface area contributed by atoms with Crippen LogP contribution in [-0.4, -0.2) is 30.8 Å². The van der Waals surface area contributed by atoms with Crippen molar-refractivity contribution in [2.45, 2.75) is 20.0 Å². The summed E-state index contributed by atoms with van der Waals surface area (Å²) < 4.78 is 30.9. The third-order valence-corrected chi connectivity index (χ3v) is 5.02. The number of aryl methyl sites for hydroxylation is 2. The Balaban J connectivity index is 1.69. The van der Waals surface area contributed by atoms with Crippen molar-refractivity contribution in [3.8, 4) is 5.69 Å². The Morgan fingerprint density at radius 2 is 1.94 bits per heavy atom. The van der Waals surface area contributed by atoms with E-state index < -0.39 is 29.3 Å². The van der Waals surface area contributed by atoms with Crippen LogP contribution in [0.3, 0.4) is 0 Å². The molecule has 8 nitrogen and oxygen atoms in total. The number of nitrogen functional groups attached to an aromatic ring is 1. The molecule has 1 unspecified atom stereocenters.